The first-order valence-electron chi connectivity index (χ1n) is 7.35. The summed E-state index contributed by atoms with van der Waals surface area (Å²) in [7, 11) is 0. The first-order chi connectivity index (χ1) is 8.62. The molecule has 3 fully saturated rings. The minimum Gasteiger partial charge on any atom is -0.388 e. The summed E-state index contributed by atoms with van der Waals surface area (Å²) < 4.78 is -0.690. The van der Waals surface area contributed by atoms with Crippen LogP contribution in [0.1, 0.15) is 52.9 Å². The Kier molecular flexibility index (Phi) is 2.79. The Bertz CT molecular complexity index is 442. The van der Waals surface area contributed by atoms with Crippen LogP contribution in [0.2, 0.25) is 0 Å². The number of rotatable bonds is 0. The second-order valence-electron chi connectivity index (χ2n) is 7.80. The zero-order chi connectivity index (χ0) is 14.3. The van der Waals surface area contributed by atoms with Gasteiger partial charge >= 0.3 is 0 Å². The number of hydrogen-bond acceptors (Lipinski definition) is 1. The van der Waals surface area contributed by atoms with Crippen molar-refractivity contribution >= 4 is 23.2 Å². The molecule has 4 atom stereocenters. The fraction of sp³-hybridized carbons (Fsp3) is 0.875. The lowest BCUT2D eigenvalue weighted by Gasteiger charge is -2.47. The van der Waals surface area contributed by atoms with Gasteiger partial charge in [0.1, 0.15) is 4.33 Å². The van der Waals surface area contributed by atoms with Gasteiger partial charge in [-0.05, 0) is 36.7 Å². The SMILES string of the molecule is C=C1CC[C@]23[C@H]([C@@H]1O)C(C)(C)CCC[C@@]2(C)C3(Cl)Cl. The Labute approximate surface area is 126 Å². The van der Waals surface area contributed by atoms with Crippen molar-refractivity contribution in [2.24, 2.45) is 22.2 Å². The molecule has 0 saturated heterocycles. The predicted molar refractivity (Wildman–Crippen MR) is 80.5 cm³/mol. The lowest BCUT2D eigenvalue weighted by atomic mass is 9.59. The van der Waals surface area contributed by atoms with Crippen LogP contribution in [0.25, 0.3) is 0 Å². The Morgan fingerprint density at radius 2 is 1.79 bits per heavy atom. The lowest BCUT2D eigenvalue weighted by molar-refractivity contribution is -0.0264. The van der Waals surface area contributed by atoms with Crippen molar-refractivity contribution in [1.29, 1.82) is 0 Å². The molecule has 1 nitrogen and oxygen atoms in total. The van der Waals surface area contributed by atoms with Crippen molar-refractivity contribution in [2.75, 3.05) is 0 Å². The number of aliphatic hydroxyl groups excluding tert-OH is 1. The molecule has 3 heteroatoms. The summed E-state index contributed by atoms with van der Waals surface area (Å²) >= 11 is 13.5. The number of hydrogen-bond donors (Lipinski definition) is 1. The standard InChI is InChI=1S/C16H24Cl2O/c1-10-6-9-15-12(11(10)19)13(2,3)7-5-8-14(15,4)16(15,17)18/h11-12,19H,1,5-9H2,2-4H3/t11-,12-,14-,15+/m1/s1. The summed E-state index contributed by atoms with van der Waals surface area (Å²) in [6.45, 7) is 10.8. The molecule has 1 N–H and O–H groups in total. The van der Waals surface area contributed by atoms with E-state index >= 15 is 0 Å². The number of alkyl halides is 2. The molecule has 108 valence electrons. The van der Waals surface area contributed by atoms with Gasteiger partial charge in [0, 0.05) is 16.7 Å². The van der Waals surface area contributed by atoms with E-state index in [4.69, 9.17) is 23.2 Å². The van der Waals surface area contributed by atoms with Crippen LogP contribution in [0.3, 0.4) is 0 Å². The van der Waals surface area contributed by atoms with E-state index in [0.717, 1.165) is 37.7 Å². The third-order valence-electron chi connectivity index (χ3n) is 6.62. The van der Waals surface area contributed by atoms with Gasteiger partial charge in [-0.15, -0.1) is 23.2 Å². The van der Waals surface area contributed by atoms with Gasteiger partial charge in [-0.2, -0.15) is 0 Å². The van der Waals surface area contributed by atoms with Crippen molar-refractivity contribution in [2.45, 2.75) is 63.3 Å². The highest BCUT2D eigenvalue weighted by Gasteiger charge is 2.87. The van der Waals surface area contributed by atoms with Crippen molar-refractivity contribution in [1.82, 2.24) is 0 Å². The molecule has 3 aliphatic rings. The minimum absolute atomic E-state index is 0.0524. The Morgan fingerprint density at radius 1 is 1.16 bits per heavy atom. The average molecular weight is 303 g/mol. The van der Waals surface area contributed by atoms with Crippen molar-refractivity contribution in [3.63, 3.8) is 0 Å². The zero-order valence-corrected chi connectivity index (χ0v) is 13.6. The van der Waals surface area contributed by atoms with E-state index in [0.29, 0.717) is 0 Å². The molecule has 0 aliphatic heterocycles. The van der Waals surface area contributed by atoms with Gasteiger partial charge in [0.2, 0.25) is 0 Å². The van der Waals surface area contributed by atoms with E-state index in [1.165, 1.54) is 0 Å². The second kappa shape index (κ2) is 3.72. The largest absolute Gasteiger partial charge is 0.388 e. The van der Waals surface area contributed by atoms with Crippen LogP contribution in [-0.4, -0.2) is 15.5 Å². The number of halogens is 2. The Balaban J connectivity index is 2.15. The van der Waals surface area contributed by atoms with Crippen LogP contribution < -0.4 is 0 Å². The molecule has 19 heavy (non-hydrogen) atoms. The summed E-state index contributed by atoms with van der Waals surface area (Å²) in [6, 6.07) is 0. The van der Waals surface area contributed by atoms with Crippen LogP contribution in [-0.2, 0) is 0 Å². The van der Waals surface area contributed by atoms with Gasteiger partial charge in [-0.25, -0.2) is 0 Å². The van der Waals surface area contributed by atoms with Crippen molar-refractivity contribution in [3.8, 4) is 0 Å². The van der Waals surface area contributed by atoms with Crippen LogP contribution in [0.4, 0.5) is 0 Å². The predicted octanol–water partition coefficient (Wildman–Crippen LogP) is 4.70. The monoisotopic (exact) mass is 302 g/mol. The van der Waals surface area contributed by atoms with Crippen LogP contribution in [0.15, 0.2) is 12.2 Å². The van der Waals surface area contributed by atoms with Gasteiger partial charge in [0.15, 0.2) is 0 Å². The fourth-order valence-electron chi connectivity index (χ4n) is 5.46. The highest BCUT2D eigenvalue weighted by atomic mass is 35.5. The van der Waals surface area contributed by atoms with Crippen LogP contribution >= 0.6 is 23.2 Å². The molecule has 1 spiro atoms. The molecule has 3 rings (SSSR count). The van der Waals surface area contributed by atoms with Gasteiger partial charge in [-0.1, -0.05) is 33.8 Å². The van der Waals surface area contributed by atoms with E-state index < -0.39 is 10.4 Å². The molecule has 3 aliphatic carbocycles. The number of aliphatic hydroxyl groups is 1. The summed E-state index contributed by atoms with van der Waals surface area (Å²) in [5.74, 6) is 0.128. The van der Waals surface area contributed by atoms with Crippen molar-refractivity contribution in [3.05, 3.63) is 12.2 Å². The average Bonchev–Trinajstić information content (AvgIpc) is 2.69. The fourth-order valence-corrected chi connectivity index (χ4v) is 6.73. The molecule has 0 bridgehead atoms. The third-order valence-corrected chi connectivity index (χ3v) is 8.13. The molecular formula is C16H24Cl2O. The van der Waals surface area contributed by atoms with E-state index in [9.17, 15) is 5.11 Å². The minimum atomic E-state index is -0.690. The molecule has 0 radical (unpaired) electrons. The molecule has 0 aromatic heterocycles. The Morgan fingerprint density at radius 3 is 2.42 bits per heavy atom. The van der Waals surface area contributed by atoms with Crippen molar-refractivity contribution < 1.29 is 5.11 Å². The van der Waals surface area contributed by atoms with E-state index in [1.807, 2.05) is 0 Å². The lowest BCUT2D eigenvalue weighted by Crippen LogP contribution is -2.46. The molecule has 0 amide bonds. The van der Waals surface area contributed by atoms with Gasteiger partial charge in [-0.3, -0.25) is 0 Å². The maximum absolute atomic E-state index is 10.8. The van der Waals surface area contributed by atoms with E-state index in [1.54, 1.807) is 0 Å². The summed E-state index contributed by atoms with van der Waals surface area (Å²) in [5.41, 5.74) is 0.836. The first-order valence-corrected chi connectivity index (χ1v) is 8.11. The summed E-state index contributed by atoms with van der Waals surface area (Å²) in [5, 5.41) is 10.8. The molecule has 0 aromatic carbocycles. The van der Waals surface area contributed by atoms with Crippen LogP contribution in [0, 0.1) is 22.2 Å². The topological polar surface area (TPSA) is 20.2 Å². The van der Waals surface area contributed by atoms with Gasteiger partial charge < -0.3 is 5.11 Å². The highest BCUT2D eigenvalue weighted by Crippen LogP contribution is 2.88. The third kappa shape index (κ3) is 1.38. The van der Waals surface area contributed by atoms with E-state index in [-0.39, 0.29) is 22.2 Å². The molecule has 0 aromatic rings. The van der Waals surface area contributed by atoms with Crippen LogP contribution in [0.5, 0.6) is 0 Å². The summed E-state index contributed by atoms with van der Waals surface area (Å²) in [6.07, 6.45) is 4.70. The first kappa shape index (κ1) is 14.2. The normalized spacial score (nSPS) is 50.9. The zero-order valence-electron chi connectivity index (χ0n) is 12.1. The van der Waals surface area contributed by atoms with E-state index in [2.05, 4.69) is 27.4 Å². The Hall–Kier alpha value is 0.280. The quantitative estimate of drug-likeness (QED) is 0.508. The molecular weight excluding hydrogens is 279 g/mol. The summed E-state index contributed by atoms with van der Waals surface area (Å²) in [4.78, 5) is 0. The highest BCUT2D eigenvalue weighted by molar-refractivity contribution is 6.52. The molecule has 3 saturated carbocycles. The van der Waals surface area contributed by atoms with Gasteiger partial charge in [0.05, 0.1) is 6.10 Å². The molecule has 0 unspecified atom stereocenters. The maximum atomic E-state index is 10.8. The smallest absolute Gasteiger partial charge is 0.130 e. The second-order valence-corrected chi connectivity index (χ2v) is 9.13. The maximum Gasteiger partial charge on any atom is 0.130 e. The molecule has 0 heterocycles. The van der Waals surface area contributed by atoms with Gasteiger partial charge in [0.25, 0.3) is 0 Å².